The maximum atomic E-state index is 12.4. The molecule has 0 radical (unpaired) electrons. The van der Waals surface area contributed by atoms with Gasteiger partial charge in [-0.05, 0) is 12.8 Å². The number of aromatic nitrogens is 1. The molecule has 1 aliphatic rings. The van der Waals surface area contributed by atoms with Gasteiger partial charge < -0.3 is 4.74 Å². The Hall–Kier alpha value is -0.830. The maximum Gasteiger partial charge on any atom is 0.214 e. The van der Waals surface area contributed by atoms with Crippen molar-refractivity contribution < 1.29 is 9.13 Å². The Balaban J connectivity index is 2.18. The number of halogens is 2. The summed E-state index contributed by atoms with van der Waals surface area (Å²) in [5, 5.41) is 0.286. The van der Waals surface area contributed by atoms with Crippen molar-refractivity contribution in [2.24, 2.45) is 0 Å². The predicted molar refractivity (Wildman–Crippen MR) is 42.9 cm³/mol. The summed E-state index contributed by atoms with van der Waals surface area (Å²) in [5.74, 6) is -0.108. The number of hydrogen-bond acceptors (Lipinski definition) is 2. The molecule has 0 unspecified atom stereocenters. The highest BCUT2D eigenvalue weighted by Crippen LogP contribution is 2.31. The number of hydrogen-bond donors (Lipinski definition) is 0. The molecule has 64 valence electrons. The molecule has 12 heavy (non-hydrogen) atoms. The van der Waals surface area contributed by atoms with E-state index in [0.29, 0.717) is 5.75 Å². The van der Waals surface area contributed by atoms with Crippen molar-refractivity contribution in [3.8, 4) is 5.75 Å². The Morgan fingerprint density at radius 1 is 1.58 bits per heavy atom. The molecule has 4 heteroatoms. The SMILES string of the molecule is Fc1cc(Cl)c(OC2CC2)cn1. The summed E-state index contributed by atoms with van der Waals surface area (Å²) < 4.78 is 17.8. The fourth-order valence-corrected chi connectivity index (χ4v) is 1.03. The number of ether oxygens (including phenoxy) is 1. The van der Waals surface area contributed by atoms with E-state index in [2.05, 4.69) is 4.98 Å². The van der Waals surface area contributed by atoms with Crippen LogP contribution in [0.5, 0.6) is 5.75 Å². The third-order valence-electron chi connectivity index (χ3n) is 1.60. The molecule has 0 atom stereocenters. The van der Waals surface area contributed by atoms with Crippen molar-refractivity contribution in [3.63, 3.8) is 0 Å². The molecule has 0 spiro atoms. The van der Waals surface area contributed by atoms with Crippen LogP contribution in [0.15, 0.2) is 12.3 Å². The molecule has 1 aromatic rings. The molecule has 1 aliphatic carbocycles. The molecular formula is C8H7ClFNO. The van der Waals surface area contributed by atoms with E-state index in [1.165, 1.54) is 6.20 Å². The van der Waals surface area contributed by atoms with Gasteiger partial charge in [-0.1, -0.05) is 11.6 Å². The average Bonchev–Trinajstić information content (AvgIpc) is 2.79. The Labute approximate surface area is 74.3 Å². The summed E-state index contributed by atoms with van der Waals surface area (Å²) in [4.78, 5) is 3.44. The smallest absolute Gasteiger partial charge is 0.214 e. The topological polar surface area (TPSA) is 22.1 Å². The second-order valence-corrected chi connectivity index (χ2v) is 3.16. The minimum absolute atomic E-state index is 0.259. The zero-order valence-corrected chi connectivity index (χ0v) is 7.01. The lowest BCUT2D eigenvalue weighted by molar-refractivity contribution is 0.301. The van der Waals surface area contributed by atoms with Crippen LogP contribution < -0.4 is 4.74 Å². The van der Waals surface area contributed by atoms with Crippen LogP contribution in [0, 0.1) is 5.95 Å². The molecule has 1 saturated carbocycles. The normalized spacial score (nSPS) is 16.2. The molecule has 0 saturated heterocycles. The van der Waals surface area contributed by atoms with Crippen LogP contribution >= 0.6 is 11.6 Å². The standard InChI is InChI=1S/C8H7ClFNO/c9-6-3-8(10)11-4-7(6)12-5-1-2-5/h3-5H,1-2H2. The third kappa shape index (κ3) is 1.67. The molecule has 1 heterocycles. The Morgan fingerprint density at radius 2 is 2.33 bits per heavy atom. The first-order valence-electron chi connectivity index (χ1n) is 3.73. The van der Waals surface area contributed by atoms with Crippen molar-refractivity contribution >= 4 is 11.6 Å². The van der Waals surface area contributed by atoms with Crippen molar-refractivity contribution in [2.45, 2.75) is 18.9 Å². The van der Waals surface area contributed by atoms with E-state index in [9.17, 15) is 4.39 Å². The first-order valence-corrected chi connectivity index (χ1v) is 4.11. The number of nitrogens with zero attached hydrogens (tertiary/aromatic N) is 1. The highest BCUT2D eigenvalue weighted by molar-refractivity contribution is 6.31. The molecule has 1 fully saturated rings. The molecule has 0 amide bonds. The van der Waals surface area contributed by atoms with E-state index in [1.54, 1.807) is 0 Å². The molecule has 2 rings (SSSR count). The van der Waals surface area contributed by atoms with Crippen molar-refractivity contribution in [1.82, 2.24) is 4.98 Å². The van der Waals surface area contributed by atoms with Crippen molar-refractivity contribution in [1.29, 1.82) is 0 Å². The Morgan fingerprint density at radius 3 is 2.92 bits per heavy atom. The van der Waals surface area contributed by atoms with Crippen LogP contribution in [0.4, 0.5) is 4.39 Å². The molecule has 1 aromatic heterocycles. The highest BCUT2D eigenvalue weighted by Gasteiger charge is 2.24. The minimum atomic E-state index is -0.580. The molecule has 2 nitrogen and oxygen atoms in total. The monoisotopic (exact) mass is 187 g/mol. The fraction of sp³-hybridized carbons (Fsp3) is 0.375. The van der Waals surface area contributed by atoms with Gasteiger partial charge in [-0.2, -0.15) is 4.39 Å². The van der Waals surface area contributed by atoms with Crippen molar-refractivity contribution in [2.75, 3.05) is 0 Å². The summed E-state index contributed by atoms with van der Waals surface area (Å²) in [5.41, 5.74) is 0. The molecule has 0 aromatic carbocycles. The van der Waals surface area contributed by atoms with E-state index in [4.69, 9.17) is 16.3 Å². The van der Waals surface area contributed by atoms with E-state index in [-0.39, 0.29) is 11.1 Å². The molecular weight excluding hydrogens is 181 g/mol. The molecule has 0 aliphatic heterocycles. The second-order valence-electron chi connectivity index (χ2n) is 2.75. The first kappa shape index (κ1) is 7.80. The van der Waals surface area contributed by atoms with Gasteiger partial charge >= 0.3 is 0 Å². The lowest BCUT2D eigenvalue weighted by Crippen LogP contribution is -1.97. The van der Waals surface area contributed by atoms with Crippen LogP contribution in [0.1, 0.15) is 12.8 Å². The molecule has 0 N–H and O–H groups in total. The number of rotatable bonds is 2. The lowest BCUT2D eigenvalue weighted by Gasteiger charge is -2.04. The second kappa shape index (κ2) is 2.90. The quantitative estimate of drug-likeness (QED) is 0.664. The van der Waals surface area contributed by atoms with E-state index >= 15 is 0 Å². The largest absolute Gasteiger partial charge is 0.487 e. The van der Waals surface area contributed by atoms with Crippen LogP contribution in [-0.4, -0.2) is 11.1 Å². The zero-order chi connectivity index (χ0) is 8.55. The maximum absolute atomic E-state index is 12.4. The third-order valence-corrected chi connectivity index (χ3v) is 1.90. The zero-order valence-electron chi connectivity index (χ0n) is 6.26. The van der Waals surface area contributed by atoms with Crippen LogP contribution in [0.25, 0.3) is 0 Å². The van der Waals surface area contributed by atoms with Gasteiger partial charge in [-0.25, -0.2) is 4.98 Å². The van der Waals surface area contributed by atoms with Crippen LogP contribution in [0.2, 0.25) is 5.02 Å². The van der Waals surface area contributed by atoms with Gasteiger partial charge in [-0.15, -0.1) is 0 Å². The Kier molecular flexibility index (Phi) is 1.89. The number of pyridine rings is 1. The van der Waals surface area contributed by atoms with Gasteiger partial charge in [0.1, 0.15) is 0 Å². The summed E-state index contributed by atoms with van der Waals surface area (Å²) in [6.07, 6.45) is 3.67. The molecule has 0 bridgehead atoms. The van der Waals surface area contributed by atoms with Gasteiger partial charge in [0.15, 0.2) is 5.75 Å². The summed E-state index contributed by atoms with van der Waals surface area (Å²) in [6, 6.07) is 1.15. The van der Waals surface area contributed by atoms with Gasteiger partial charge in [0.25, 0.3) is 0 Å². The fourth-order valence-electron chi connectivity index (χ4n) is 0.847. The Bertz CT molecular complexity index is 301. The first-order chi connectivity index (χ1) is 5.75. The van der Waals surface area contributed by atoms with Gasteiger partial charge in [0, 0.05) is 6.07 Å². The summed E-state index contributed by atoms with van der Waals surface area (Å²) >= 11 is 5.70. The summed E-state index contributed by atoms with van der Waals surface area (Å²) in [6.45, 7) is 0. The van der Waals surface area contributed by atoms with Gasteiger partial charge in [0.05, 0.1) is 17.3 Å². The highest BCUT2D eigenvalue weighted by atomic mass is 35.5. The van der Waals surface area contributed by atoms with Gasteiger partial charge in [-0.3, -0.25) is 0 Å². The van der Waals surface area contributed by atoms with E-state index in [0.717, 1.165) is 18.9 Å². The predicted octanol–water partition coefficient (Wildman–Crippen LogP) is 2.42. The van der Waals surface area contributed by atoms with Gasteiger partial charge in [0.2, 0.25) is 5.95 Å². The minimum Gasteiger partial charge on any atom is -0.487 e. The summed E-state index contributed by atoms with van der Waals surface area (Å²) in [7, 11) is 0. The van der Waals surface area contributed by atoms with Crippen LogP contribution in [-0.2, 0) is 0 Å². The lowest BCUT2D eigenvalue weighted by atomic mass is 10.4. The van der Waals surface area contributed by atoms with Crippen LogP contribution in [0.3, 0.4) is 0 Å². The average molecular weight is 188 g/mol. The van der Waals surface area contributed by atoms with E-state index in [1.807, 2.05) is 0 Å². The van der Waals surface area contributed by atoms with E-state index < -0.39 is 5.95 Å². The van der Waals surface area contributed by atoms with Crippen molar-refractivity contribution in [3.05, 3.63) is 23.2 Å².